The van der Waals surface area contributed by atoms with Crippen molar-refractivity contribution in [2.24, 2.45) is 11.8 Å². The second-order valence-corrected chi connectivity index (χ2v) is 12.1. The molecule has 11 nitrogen and oxygen atoms in total. The number of imidazole rings is 1. The second-order valence-electron chi connectivity index (χ2n) is 11.7. The zero-order valence-corrected chi connectivity index (χ0v) is 24.1. The molecule has 0 bridgehead atoms. The van der Waals surface area contributed by atoms with E-state index in [1.54, 1.807) is 19.5 Å². The third-order valence-corrected chi connectivity index (χ3v) is 8.83. The van der Waals surface area contributed by atoms with Crippen molar-refractivity contribution in [3.05, 3.63) is 34.0 Å². The molecule has 6 rings (SSSR count). The maximum absolute atomic E-state index is 11.8. The number of methoxy groups -OCH3 is 1. The Morgan fingerprint density at radius 2 is 1.95 bits per heavy atom. The smallest absolute Gasteiger partial charge is 0.377 e. The molecule has 0 aromatic carbocycles. The van der Waals surface area contributed by atoms with Gasteiger partial charge in [0.25, 0.3) is 0 Å². The number of ether oxygens (including phenoxy) is 1. The number of aromatic nitrogens is 7. The first-order valence-corrected chi connectivity index (χ1v) is 14.4. The van der Waals surface area contributed by atoms with Gasteiger partial charge in [-0.1, -0.05) is 36.5 Å². The molecule has 2 aliphatic rings. The van der Waals surface area contributed by atoms with E-state index in [-0.39, 0.29) is 23.3 Å². The predicted octanol–water partition coefficient (Wildman–Crippen LogP) is 5.11. The lowest BCUT2D eigenvalue weighted by molar-refractivity contribution is 0.00151. The number of H-pyrrole nitrogens is 1. The van der Waals surface area contributed by atoms with Gasteiger partial charge in [0.1, 0.15) is 11.2 Å². The van der Waals surface area contributed by atoms with Gasteiger partial charge >= 0.3 is 5.76 Å². The van der Waals surface area contributed by atoms with Crippen molar-refractivity contribution in [1.82, 2.24) is 34.6 Å². The normalized spacial score (nSPS) is 21.9. The number of fused-ring (bicyclic) bond motifs is 1. The lowest BCUT2D eigenvalue weighted by Crippen LogP contribution is -2.48. The number of hydrogen-bond acceptors (Lipinski definition) is 9. The molecule has 0 spiro atoms. The Hall–Kier alpha value is -3.31. The number of aromatic amines is 1. The van der Waals surface area contributed by atoms with Crippen LogP contribution in [0.2, 0.25) is 5.02 Å². The molecule has 1 saturated heterocycles. The van der Waals surface area contributed by atoms with E-state index in [2.05, 4.69) is 45.4 Å². The molecule has 1 saturated carbocycles. The van der Waals surface area contributed by atoms with E-state index in [9.17, 15) is 4.79 Å². The van der Waals surface area contributed by atoms with E-state index in [0.29, 0.717) is 22.3 Å². The maximum atomic E-state index is 11.8. The number of pyridine rings is 1. The van der Waals surface area contributed by atoms with Gasteiger partial charge in [0, 0.05) is 38.2 Å². The van der Waals surface area contributed by atoms with Gasteiger partial charge < -0.3 is 14.2 Å². The lowest BCUT2D eigenvalue weighted by Gasteiger charge is -2.37. The Balaban J connectivity index is 1.58. The molecule has 212 valence electrons. The number of anilines is 1. The van der Waals surface area contributed by atoms with Crippen LogP contribution in [0.15, 0.2) is 27.8 Å². The molecule has 4 aromatic heterocycles. The standard InChI is InChI=1S/C28H35ClN8O3/c1-16-7-9-17(10-8-16)15-37-22-21(18-12-19(29)14-30-13-18)31-24(25-34-27(38)40-35-25)32-23(22)33-26(37)36-11-5-6-20(36)28(2,3)39-4/h12-14,16-17,20H,5-11,15H2,1-4H3,(H,34,35,38)/t16-,17-,20?. The number of halogens is 1. The van der Waals surface area contributed by atoms with Crippen LogP contribution in [-0.2, 0) is 11.3 Å². The lowest BCUT2D eigenvalue weighted by atomic mass is 9.83. The van der Waals surface area contributed by atoms with Gasteiger partial charge in [-0.05, 0) is 57.4 Å². The van der Waals surface area contributed by atoms with Crippen molar-refractivity contribution < 1.29 is 9.26 Å². The average molecular weight is 567 g/mol. The minimum absolute atomic E-state index is 0.139. The van der Waals surface area contributed by atoms with Crippen molar-refractivity contribution in [3.63, 3.8) is 0 Å². The Morgan fingerprint density at radius 3 is 2.65 bits per heavy atom. The summed E-state index contributed by atoms with van der Waals surface area (Å²) >= 11 is 6.38. The van der Waals surface area contributed by atoms with Crippen LogP contribution in [0.25, 0.3) is 34.1 Å². The van der Waals surface area contributed by atoms with Gasteiger partial charge in [0.05, 0.1) is 16.7 Å². The number of nitrogens with zero attached hydrogens (tertiary/aromatic N) is 7. The highest BCUT2D eigenvalue weighted by atomic mass is 35.5. The Kier molecular flexibility index (Phi) is 7.12. The zero-order chi connectivity index (χ0) is 28.0. The van der Waals surface area contributed by atoms with Crippen molar-refractivity contribution >= 4 is 28.7 Å². The van der Waals surface area contributed by atoms with E-state index in [4.69, 9.17) is 35.8 Å². The highest BCUT2D eigenvalue weighted by Gasteiger charge is 2.40. The van der Waals surface area contributed by atoms with Gasteiger partial charge in [0.15, 0.2) is 5.65 Å². The number of rotatable bonds is 7. The monoisotopic (exact) mass is 566 g/mol. The Bertz CT molecular complexity index is 1570. The zero-order valence-electron chi connectivity index (χ0n) is 23.4. The third-order valence-electron chi connectivity index (χ3n) is 8.63. The molecule has 1 aliphatic carbocycles. The fraction of sp³-hybridized carbons (Fsp3) is 0.571. The van der Waals surface area contributed by atoms with Crippen molar-refractivity contribution in [3.8, 4) is 22.9 Å². The molecule has 1 unspecified atom stereocenters. The van der Waals surface area contributed by atoms with Crippen LogP contribution >= 0.6 is 11.6 Å². The molecule has 12 heteroatoms. The van der Waals surface area contributed by atoms with Crippen LogP contribution in [0, 0.1) is 11.8 Å². The van der Waals surface area contributed by atoms with Crippen LogP contribution in [0.3, 0.4) is 0 Å². The molecule has 0 radical (unpaired) electrons. The van der Waals surface area contributed by atoms with E-state index >= 15 is 0 Å². The van der Waals surface area contributed by atoms with Crippen molar-refractivity contribution in [2.75, 3.05) is 18.6 Å². The van der Waals surface area contributed by atoms with E-state index < -0.39 is 5.76 Å². The summed E-state index contributed by atoms with van der Waals surface area (Å²) < 4.78 is 13.0. The van der Waals surface area contributed by atoms with E-state index in [1.807, 2.05) is 6.07 Å². The molecule has 1 aliphatic heterocycles. The van der Waals surface area contributed by atoms with Gasteiger partial charge in [-0.25, -0.2) is 14.8 Å². The average Bonchev–Trinajstić information content (AvgIpc) is 3.68. The first-order chi connectivity index (χ1) is 19.2. The molecular weight excluding hydrogens is 532 g/mol. The summed E-state index contributed by atoms with van der Waals surface area (Å²) in [4.78, 5) is 35.8. The summed E-state index contributed by atoms with van der Waals surface area (Å²) in [7, 11) is 1.77. The Morgan fingerprint density at radius 1 is 1.15 bits per heavy atom. The summed E-state index contributed by atoms with van der Waals surface area (Å²) in [5, 5.41) is 4.33. The van der Waals surface area contributed by atoms with E-state index in [0.717, 1.165) is 48.9 Å². The molecule has 1 atom stereocenters. The molecule has 5 heterocycles. The van der Waals surface area contributed by atoms with Crippen LogP contribution in [0.4, 0.5) is 5.95 Å². The van der Waals surface area contributed by atoms with Gasteiger partial charge in [-0.15, -0.1) is 0 Å². The first kappa shape index (κ1) is 26.9. The fourth-order valence-corrected chi connectivity index (χ4v) is 6.40. The van der Waals surface area contributed by atoms with Crippen LogP contribution in [-0.4, -0.2) is 59.9 Å². The van der Waals surface area contributed by atoms with Crippen molar-refractivity contribution in [1.29, 1.82) is 0 Å². The van der Waals surface area contributed by atoms with E-state index in [1.165, 1.54) is 25.7 Å². The molecule has 0 amide bonds. The largest absolute Gasteiger partial charge is 0.439 e. The second kappa shape index (κ2) is 10.6. The summed E-state index contributed by atoms with van der Waals surface area (Å²) in [6.45, 7) is 8.28. The number of hydrogen-bond donors (Lipinski definition) is 1. The van der Waals surface area contributed by atoms with Crippen LogP contribution in [0.5, 0.6) is 0 Å². The fourth-order valence-electron chi connectivity index (χ4n) is 6.23. The topological polar surface area (TPSA) is 128 Å². The highest BCUT2D eigenvalue weighted by molar-refractivity contribution is 6.30. The minimum Gasteiger partial charge on any atom is -0.377 e. The summed E-state index contributed by atoms with van der Waals surface area (Å²) in [5.41, 5.74) is 2.32. The molecule has 4 aromatic rings. The predicted molar refractivity (Wildman–Crippen MR) is 152 cm³/mol. The SMILES string of the molecule is COC(C)(C)C1CCCN1c1nc2nc(-c3noc(=O)[nH]3)nc(-c3cncc(Cl)c3)c2n1C[C@H]1CC[C@H](C)CC1. The van der Waals surface area contributed by atoms with Crippen LogP contribution in [0.1, 0.15) is 59.3 Å². The maximum Gasteiger partial charge on any atom is 0.439 e. The molecular formula is C28H35ClN8O3. The van der Waals surface area contributed by atoms with Gasteiger partial charge in [-0.2, -0.15) is 4.98 Å². The molecule has 2 fully saturated rings. The van der Waals surface area contributed by atoms with Gasteiger partial charge in [0.2, 0.25) is 17.6 Å². The first-order valence-electron chi connectivity index (χ1n) is 14.0. The van der Waals surface area contributed by atoms with Crippen molar-refractivity contribution in [2.45, 2.75) is 77.5 Å². The summed E-state index contributed by atoms with van der Waals surface area (Å²) in [5.74, 6) is 1.80. The Labute approximate surface area is 237 Å². The molecule has 1 N–H and O–H groups in total. The minimum atomic E-state index is -0.677. The summed E-state index contributed by atoms with van der Waals surface area (Å²) in [6.07, 6.45) is 10.2. The number of nitrogens with one attached hydrogen (secondary N) is 1. The summed E-state index contributed by atoms with van der Waals surface area (Å²) in [6, 6.07) is 1.98. The van der Waals surface area contributed by atoms with Gasteiger partial charge in [-0.3, -0.25) is 14.5 Å². The highest BCUT2D eigenvalue weighted by Crippen LogP contribution is 2.39. The third kappa shape index (κ3) is 5.01. The quantitative estimate of drug-likeness (QED) is 0.324. The molecule has 40 heavy (non-hydrogen) atoms. The van der Waals surface area contributed by atoms with Crippen LogP contribution < -0.4 is 10.7 Å².